The number of methoxy groups -OCH3 is 1. The molecule has 2 amide bonds. The van der Waals surface area contributed by atoms with E-state index in [4.69, 9.17) is 14.2 Å². The molecule has 3 aromatic rings. The highest BCUT2D eigenvalue weighted by Crippen LogP contribution is 2.39. The number of thiophene rings is 1. The van der Waals surface area contributed by atoms with Crippen LogP contribution in [0.2, 0.25) is 0 Å². The van der Waals surface area contributed by atoms with E-state index in [-0.39, 0.29) is 12.4 Å². The number of anilines is 1. The predicted molar refractivity (Wildman–Crippen MR) is 153 cm³/mol. The highest BCUT2D eigenvalue weighted by Gasteiger charge is 2.28. The predicted octanol–water partition coefficient (Wildman–Crippen LogP) is 5.38. The molecule has 1 heterocycles. The number of amides is 2. The summed E-state index contributed by atoms with van der Waals surface area (Å²) in [6.45, 7) is 2.39. The molecule has 1 aliphatic rings. The summed E-state index contributed by atoms with van der Waals surface area (Å²) in [5.74, 6) is -1.95. The Bertz CT molecular complexity index is 1440. The van der Waals surface area contributed by atoms with Crippen LogP contribution >= 0.6 is 27.3 Å². The van der Waals surface area contributed by atoms with Gasteiger partial charge in [0.1, 0.15) is 17.4 Å². The lowest BCUT2D eigenvalue weighted by Gasteiger charge is -2.14. The molecule has 4 rings (SSSR count). The van der Waals surface area contributed by atoms with Crippen molar-refractivity contribution in [2.45, 2.75) is 39.2 Å². The highest BCUT2D eigenvalue weighted by molar-refractivity contribution is 9.10. The van der Waals surface area contributed by atoms with Crippen LogP contribution in [-0.2, 0) is 33.8 Å². The fourth-order valence-electron chi connectivity index (χ4n) is 4.15. The number of fused-ring (bicyclic) bond motifs is 1. The van der Waals surface area contributed by atoms with E-state index in [0.717, 1.165) is 41.7 Å². The molecular weight excluding hydrogens is 605 g/mol. The van der Waals surface area contributed by atoms with Crippen LogP contribution in [0.5, 0.6) is 11.5 Å². The van der Waals surface area contributed by atoms with Crippen molar-refractivity contribution in [2.75, 3.05) is 19.0 Å². The third kappa shape index (κ3) is 7.05. The summed E-state index contributed by atoms with van der Waals surface area (Å²) in [6, 6.07) is 9.35. The molecule has 0 saturated heterocycles. The molecule has 0 bridgehead atoms. The van der Waals surface area contributed by atoms with E-state index in [0.29, 0.717) is 38.7 Å². The van der Waals surface area contributed by atoms with Gasteiger partial charge in [-0.1, -0.05) is 12.1 Å². The van der Waals surface area contributed by atoms with Crippen molar-refractivity contribution in [3.05, 3.63) is 73.8 Å². The zero-order chi connectivity index (χ0) is 28.6. The standard InChI is InChI=1S/C28H27BrFN3O6S/c1-3-38-21-13-17(12-20(29)24(21)39-15-16-8-10-18(30)11-9-16)14-31-33-26(35)25(34)32-27-23(28(36)37-2)19-6-4-5-7-22(19)40-27/h8-14H,3-7,15H2,1-2H3,(H,32,34)(H,33,35). The molecule has 0 radical (unpaired) electrons. The van der Waals surface area contributed by atoms with Gasteiger partial charge in [-0.15, -0.1) is 11.3 Å². The van der Waals surface area contributed by atoms with Gasteiger partial charge in [-0.25, -0.2) is 14.6 Å². The minimum atomic E-state index is -0.998. The molecule has 40 heavy (non-hydrogen) atoms. The first kappa shape index (κ1) is 29.2. The Kier molecular flexibility index (Phi) is 9.88. The molecule has 1 aromatic heterocycles. The number of hydrogen-bond acceptors (Lipinski definition) is 8. The number of ether oxygens (including phenoxy) is 3. The van der Waals surface area contributed by atoms with Gasteiger partial charge in [0.25, 0.3) is 0 Å². The van der Waals surface area contributed by atoms with Crippen LogP contribution in [0.1, 0.15) is 51.7 Å². The van der Waals surface area contributed by atoms with E-state index in [9.17, 15) is 18.8 Å². The normalized spacial score (nSPS) is 12.5. The Morgan fingerprint density at radius 3 is 2.58 bits per heavy atom. The first-order valence-electron chi connectivity index (χ1n) is 12.5. The lowest BCUT2D eigenvalue weighted by atomic mass is 9.95. The molecule has 2 aromatic carbocycles. The highest BCUT2D eigenvalue weighted by atomic mass is 79.9. The van der Waals surface area contributed by atoms with Gasteiger partial charge in [-0.3, -0.25) is 9.59 Å². The topological polar surface area (TPSA) is 115 Å². The van der Waals surface area contributed by atoms with E-state index in [1.54, 1.807) is 24.3 Å². The molecule has 0 fully saturated rings. The number of carbonyl (C=O) groups is 3. The lowest BCUT2D eigenvalue weighted by molar-refractivity contribution is -0.136. The second-order valence-corrected chi connectivity index (χ2v) is 10.7. The molecular formula is C28H27BrFN3O6S. The number of hydrogen-bond donors (Lipinski definition) is 2. The zero-order valence-corrected chi connectivity index (χ0v) is 24.2. The molecule has 9 nitrogen and oxygen atoms in total. The van der Waals surface area contributed by atoms with E-state index < -0.39 is 17.8 Å². The molecule has 0 aliphatic heterocycles. The largest absolute Gasteiger partial charge is 0.490 e. The molecule has 210 valence electrons. The minimum Gasteiger partial charge on any atom is -0.490 e. The summed E-state index contributed by atoms with van der Waals surface area (Å²) in [5.41, 5.74) is 4.72. The van der Waals surface area contributed by atoms with E-state index in [2.05, 4.69) is 31.8 Å². The molecule has 1 aliphatic carbocycles. The maximum Gasteiger partial charge on any atom is 0.341 e. The van der Waals surface area contributed by atoms with E-state index in [1.165, 1.54) is 36.8 Å². The fourth-order valence-corrected chi connectivity index (χ4v) is 6.00. The fraction of sp³-hybridized carbons (Fsp3) is 0.286. The summed E-state index contributed by atoms with van der Waals surface area (Å²) in [6.07, 6.45) is 4.83. The average molecular weight is 633 g/mol. The maximum absolute atomic E-state index is 13.2. The SMILES string of the molecule is CCOc1cc(C=NNC(=O)C(=O)Nc2sc3c(c2C(=O)OC)CCCC3)cc(Br)c1OCc1ccc(F)cc1. The molecule has 2 N–H and O–H groups in total. The van der Waals surface area contributed by atoms with Gasteiger partial charge in [0, 0.05) is 4.88 Å². The van der Waals surface area contributed by atoms with Gasteiger partial charge in [0.2, 0.25) is 0 Å². The maximum atomic E-state index is 13.2. The van der Waals surface area contributed by atoms with Crippen molar-refractivity contribution >= 4 is 56.3 Å². The van der Waals surface area contributed by atoms with Gasteiger partial charge < -0.3 is 19.5 Å². The van der Waals surface area contributed by atoms with Crippen LogP contribution in [0.25, 0.3) is 0 Å². The summed E-state index contributed by atoms with van der Waals surface area (Å²) in [4.78, 5) is 38.4. The smallest absolute Gasteiger partial charge is 0.341 e. The van der Waals surface area contributed by atoms with Crippen molar-refractivity contribution < 1.29 is 33.0 Å². The first-order chi connectivity index (χ1) is 19.3. The Morgan fingerprint density at radius 2 is 1.85 bits per heavy atom. The van der Waals surface area contributed by atoms with Gasteiger partial charge in [0.15, 0.2) is 11.5 Å². The van der Waals surface area contributed by atoms with Crippen molar-refractivity contribution in [3.8, 4) is 11.5 Å². The van der Waals surface area contributed by atoms with Crippen LogP contribution in [0.3, 0.4) is 0 Å². The second kappa shape index (κ2) is 13.5. The number of carbonyl (C=O) groups excluding carboxylic acids is 3. The van der Waals surface area contributed by atoms with E-state index >= 15 is 0 Å². The summed E-state index contributed by atoms with van der Waals surface area (Å²) in [5, 5.41) is 6.72. The Balaban J connectivity index is 1.42. The number of nitrogens with zero attached hydrogens (tertiary/aromatic N) is 1. The molecule has 0 spiro atoms. The molecule has 0 saturated carbocycles. The number of aryl methyl sites for hydroxylation is 1. The first-order valence-corrected chi connectivity index (χ1v) is 14.1. The van der Waals surface area contributed by atoms with Gasteiger partial charge in [-0.2, -0.15) is 5.10 Å². The molecule has 12 heteroatoms. The van der Waals surface area contributed by atoms with Crippen LogP contribution in [0, 0.1) is 5.82 Å². The number of halogens is 2. The number of nitrogens with one attached hydrogen (secondary N) is 2. The summed E-state index contributed by atoms with van der Waals surface area (Å²) >= 11 is 4.75. The van der Waals surface area contributed by atoms with Gasteiger partial charge >= 0.3 is 17.8 Å². The monoisotopic (exact) mass is 631 g/mol. The van der Waals surface area contributed by atoms with Crippen LogP contribution in [0.4, 0.5) is 9.39 Å². The van der Waals surface area contributed by atoms with Crippen molar-refractivity contribution in [1.82, 2.24) is 5.43 Å². The van der Waals surface area contributed by atoms with Crippen LogP contribution in [-0.4, -0.2) is 37.7 Å². The minimum absolute atomic E-state index is 0.197. The van der Waals surface area contributed by atoms with Crippen molar-refractivity contribution in [2.24, 2.45) is 5.10 Å². The lowest BCUT2D eigenvalue weighted by Crippen LogP contribution is -2.32. The molecule has 0 unspecified atom stereocenters. The molecule has 0 atom stereocenters. The average Bonchev–Trinajstić information content (AvgIpc) is 3.31. The van der Waals surface area contributed by atoms with Gasteiger partial charge in [0.05, 0.1) is 30.0 Å². The summed E-state index contributed by atoms with van der Waals surface area (Å²) in [7, 11) is 1.28. The van der Waals surface area contributed by atoms with Crippen LogP contribution in [0.15, 0.2) is 46.0 Å². The van der Waals surface area contributed by atoms with Crippen LogP contribution < -0.4 is 20.2 Å². The number of esters is 1. The number of hydrazone groups is 1. The van der Waals surface area contributed by atoms with Gasteiger partial charge in [-0.05, 0) is 89.5 Å². The number of rotatable bonds is 9. The Morgan fingerprint density at radius 1 is 1.10 bits per heavy atom. The third-order valence-corrected chi connectivity index (χ3v) is 7.80. The Hall–Kier alpha value is -3.77. The Labute approximate surface area is 242 Å². The van der Waals surface area contributed by atoms with Crippen molar-refractivity contribution in [1.29, 1.82) is 0 Å². The third-order valence-electron chi connectivity index (χ3n) is 6.00. The number of benzene rings is 2. The quantitative estimate of drug-likeness (QED) is 0.142. The van der Waals surface area contributed by atoms with E-state index in [1.807, 2.05) is 6.92 Å². The zero-order valence-electron chi connectivity index (χ0n) is 21.8. The second-order valence-electron chi connectivity index (χ2n) is 8.74. The summed E-state index contributed by atoms with van der Waals surface area (Å²) < 4.78 is 30.3. The van der Waals surface area contributed by atoms with Crippen molar-refractivity contribution in [3.63, 3.8) is 0 Å².